The third kappa shape index (κ3) is 3.64. The van der Waals surface area contributed by atoms with Gasteiger partial charge in [0.05, 0.1) is 17.1 Å². The summed E-state index contributed by atoms with van der Waals surface area (Å²) >= 11 is 1.61. The van der Waals surface area contributed by atoms with E-state index in [2.05, 4.69) is 20.7 Å². The second kappa shape index (κ2) is 7.52. The van der Waals surface area contributed by atoms with Crippen LogP contribution in [0.3, 0.4) is 0 Å². The number of hydrogen-bond acceptors (Lipinski definition) is 5. The first kappa shape index (κ1) is 20.3. The van der Waals surface area contributed by atoms with Crippen LogP contribution in [0.15, 0.2) is 65.6 Å². The summed E-state index contributed by atoms with van der Waals surface area (Å²) in [5.74, 6) is 1.04. The third-order valence-corrected chi connectivity index (χ3v) is 6.04. The molecular weight excluding hydrogens is 435 g/mol. The minimum atomic E-state index is -4.47. The Kier molecular flexibility index (Phi) is 4.78. The van der Waals surface area contributed by atoms with E-state index in [4.69, 9.17) is 5.73 Å². The summed E-state index contributed by atoms with van der Waals surface area (Å²) in [6, 6.07) is 11.2. The van der Waals surface area contributed by atoms with Crippen LogP contribution in [0.4, 0.5) is 24.7 Å². The lowest BCUT2D eigenvalue weighted by Gasteiger charge is -2.19. The maximum atomic E-state index is 13.3. The van der Waals surface area contributed by atoms with E-state index in [-0.39, 0.29) is 5.69 Å². The minimum absolute atomic E-state index is 0.0599. The molecule has 0 saturated carbocycles. The van der Waals surface area contributed by atoms with Gasteiger partial charge in [0.2, 0.25) is 5.78 Å². The molecule has 0 unspecified atom stereocenters. The van der Waals surface area contributed by atoms with Gasteiger partial charge in [-0.25, -0.2) is 4.98 Å². The first-order chi connectivity index (χ1) is 15.3. The van der Waals surface area contributed by atoms with Crippen molar-refractivity contribution in [2.45, 2.75) is 19.1 Å². The Morgan fingerprint density at radius 1 is 1.09 bits per heavy atom. The molecule has 162 valence electrons. The molecule has 9 heteroatoms. The first-order valence-electron chi connectivity index (χ1n) is 9.83. The highest BCUT2D eigenvalue weighted by molar-refractivity contribution is 7.08. The van der Waals surface area contributed by atoms with Gasteiger partial charge in [-0.1, -0.05) is 6.07 Å². The summed E-state index contributed by atoms with van der Waals surface area (Å²) in [4.78, 5) is 8.92. The van der Waals surface area contributed by atoms with Crippen molar-refractivity contribution in [3.8, 4) is 11.1 Å². The average Bonchev–Trinajstić information content (AvgIpc) is 3.44. The van der Waals surface area contributed by atoms with E-state index < -0.39 is 17.8 Å². The number of benzene rings is 2. The van der Waals surface area contributed by atoms with Gasteiger partial charge in [-0.2, -0.15) is 29.5 Å². The Morgan fingerprint density at radius 2 is 1.94 bits per heavy atom. The smallest absolute Gasteiger partial charge is 0.399 e. The fourth-order valence-corrected chi connectivity index (χ4v) is 4.42. The summed E-state index contributed by atoms with van der Waals surface area (Å²) in [6.07, 6.45) is -0.982. The fourth-order valence-electron chi connectivity index (χ4n) is 3.76. The van der Waals surface area contributed by atoms with Crippen LogP contribution in [-0.4, -0.2) is 14.4 Å². The molecule has 5 nitrogen and oxygen atoms in total. The average molecular weight is 453 g/mol. The molecule has 0 aliphatic heterocycles. The molecule has 2 aromatic carbocycles. The molecule has 0 amide bonds. The molecule has 0 aliphatic carbocycles. The molecule has 0 bridgehead atoms. The van der Waals surface area contributed by atoms with Crippen LogP contribution < -0.4 is 11.1 Å². The van der Waals surface area contributed by atoms with Gasteiger partial charge < -0.3 is 11.1 Å². The number of imidazole rings is 1. The number of alkyl halides is 3. The standard InChI is InChI=1S/C23H18F3N5S/c1-13(16-8-17(23(24,25)26)11-18(27)9-16)29-21-19-10-14(15-4-7-32-12-15)2-3-20(19)31-6-5-28-22(31)30-21/h2-13H,27H2,1H3,(H,28,29,30)/t13-/m1/s1. The number of halogens is 3. The fraction of sp³-hybridized carbons (Fsp3) is 0.130. The molecule has 32 heavy (non-hydrogen) atoms. The van der Waals surface area contributed by atoms with Crippen LogP contribution >= 0.6 is 11.3 Å². The van der Waals surface area contributed by atoms with Gasteiger partial charge in [0, 0.05) is 23.5 Å². The monoisotopic (exact) mass is 453 g/mol. The van der Waals surface area contributed by atoms with E-state index in [0.29, 0.717) is 17.2 Å². The van der Waals surface area contributed by atoms with Crippen molar-refractivity contribution in [3.63, 3.8) is 0 Å². The Hall–Kier alpha value is -3.59. The minimum Gasteiger partial charge on any atom is -0.399 e. The number of nitrogens with two attached hydrogens (primary N) is 1. The molecule has 3 aromatic heterocycles. The quantitative estimate of drug-likeness (QED) is 0.310. The van der Waals surface area contributed by atoms with Crippen LogP contribution in [0.1, 0.15) is 24.1 Å². The zero-order valence-electron chi connectivity index (χ0n) is 16.9. The molecule has 1 atom stereocenters. The van der Waals surface area contributed by atoms with E-state index in [1.54, 1.807) is 30.5 Å². The van der Waals surface area contributed by atoms with Crippen molar-refractivity contribution in [3.05, 3.63) is 76.7 Å². The second-order valence-electron chi connectivity index (χ2n) is 7.55. The van der Waals surface area contributed by atoms with Gasteiger partial charge in [0.1, 0.15) is 5.82 Å². The number of thiophene rings is 1. The van der Waals surface area contributed by atoms with Gasteiger partial charge >= 0.3 is 6.18 Å². The van der Waals surface area contributed by atoms with Gasteiger partial charge in [-0.3, -0.25) is 4.40 Å². The maximum absolute atomic E-state index is 13.3. The van der Waals surface area contributed by atoms with E-state index >= 15 is 0 Å². The summed E-state index contributed by atoms with van der Waals surface area (Å²) < 4.78 is 41.7. The highest BCUT2D eigenvalue weighted by atomic mass is 32.1. The molecular formula is C23H18F3N5S. The van der Waals surface area contributed by atoms with Crippen molar-refractivity contribution in [2.24, 2.45) is 0 Å². The number of nitrogens with zero attached hydrogens (tertiary/aromatic N) is 3. The van der Waals surface area contributed by atoms with Crippen LogP contribution in [-0.2, 0) is 6.18 Å². The van der Waals surface area contributed by atoms with E-state index in [9.17, 15) is 13.2 Å². The highest BCUT2D eigenvalue weighted by Gasteiger charge is 2.31. The Bertz CT molecular complexity index is 1420. The molecule has 0 radical (unpaired) electrons. The van der Waals surface area contributed by atoms with Crippen LogP contribution in [0.2, 0.25) is 0 Å². The molecule has 5 rings (SSSR count). The number of hydrogen-bond donors (Lipinski definition) is 2. The lowest BCUT2D eigenvalue weighted by molar-refractivity contribution is -0.137. The SMILES string of the molecule is C[C@@H](Nc1nc2nccn2c2ccc(-c3ccsc3)cc12)c1cc(N)cc(C(F)(F)F)c1. The zero-order chi connectivity index (χ0) is 22.5. The summed E-state index contributed by atoms with van der Waals surface area (Å²) in [5, 5.41) is 8.19. The van der Waals surface area contributed by atoms with Gasteiger partial charge in [0.15, 0.2) is 0 Å². The zero-order valence-corrected chi connectivity index (χ0v) is 17.7. The number of fused-ring (bicyclic) bond motifs is 3. The lowest BCUT2D eigenvalue weighted by Crippen LogP contribution is -2.12. The normalized spacial score (nSPS) is 13.0. The van der Waals surface area contributed by atoms with Crippen LogP contribution in [0, 0.1) is 0 Å². The number of rotatable bonds is 4. The molecule has 0 saturated heterocycles. The molecule has 3 heterocycles. The van der Waals surface area contributed by atoms with Crippen molar-refractivity contribution in [1.82, 2.24) is 14.4 Å². The third-order valence-electron chi connectivity index (χ3n) is 5.36. The van der Waals surface area contributed by atoms with Gasteiger partial charge in [-0.15, -0.1) is 0 Å². The van der Waals surface area contributed by atoms with Crippen LogP contribution in [0.5, 0.6) is 0 Å². The van der Waals surface area contributed by atoms with Crippen molar-refractivity contribution in [2.75, 3.05) is 11.1 Å². The topological polar surface area (TPSA) is 68.2 Å². The largest absolute Gasteiger partial charge is 0.416 e. The number of nitrogens with one attached hydrogen (secondary N) is 1. The van der Waals surface area contributed by atoms with Gasteiger partial charge in [-0.05, 0) is 70.8 Å². The highest BCUT2D eigenvalue weighted by Crippen LogP contribution is 2.35. The Balaban J connectivity index is 1.61. The predicted molar refractivity (Wildman–Crippen MR) is 122 cm³/mol. The predicted octanol–water partition coefficient (Wildman–Crippen LogP) is 6.39. The maximum Gasteiger partial charge on any atom is 0.416 e. The van der Waals surface area contributed by atoms with Crippen molar-refractivity contribution < 1.29 is 13.2 Å². The van der Waals surface area contributed by atoms with E-state index in [1.165, 1.54) is 0 Å². The number of aromatic nitrogens is 3. The van der Waals surface area contributed by atoms with Gasteiger partial charge in [0.25, 0.3) is 0 Å². The molecule has 5 aromatic rings. The number of anilines is 2. The molecule has 0 aliphatic rings. The molecule has 3 N–H and O–H groups in total. The summed E-state index contributed by atoms with van der Waals surface area (Å²) in [7, 11) is 0. The second-order valence-corrected chi connectivity index (χ2v) is 8.33. The van der Waals surface area contributed by atoms with Crippen molar-refractivity contribution >= 4 is 39.5 Å². The molecule has 0 spiro atoms. The lowest BCUT2D eigenvalue weighted by atomic mass is 10.0. The first-order valence-corrected chi connectivity index (χ1v) is 10.8. The Labute approximate surface area is 185 Å². The van der Waals surface area contributed by atoms with Crippen LogP contribution in [0.25, 0.3) is 27.8 Å². The summed E-state index contributed by atoms with van der Waals surface area (Å²) in [5.41, 5.74) is 8.47. The Morgan fingerprint density at radius 3 is 2.69 bits per heavy atom. The summed E-state index contributed by atoms with van der Waals surface area (Å²) in [6.45, 7) is 1.78. The van der Waals surface area contributed by atoms with E-state index in [0.717, 1.165) is 34.2 Å². The molecule has 0 fully saturated rings. The van der Waals surface area contributed by atoms with E-state index in [1.807, 2.05) is 40.2 Å². The number of nitrogen functional groups attached to an aromatic ring is 1. The van der Waals surface area contributed by atoms with Crippen molar-refractivity contribution in [1.29, 1.82) is 0 Å².